The molecule has 0 fully saturated rings. The Hall–Kier alpha value is -3.14. The molecular formula is C18H14N3O+. The number of aromatic nitrogens is 3. The Morgan fingerprint density at radius 2 is 1.73 bits per heavy atom. The summed E-state index contributed by atoms with van der Waals surface area (Å²) in [6.07, 6.45) is 3.49. The molecule has 2 aromatic carbocycles. The van der Waals surface area contributed by atoms with Gasteiger partial charge in [-0.25, -0.2) is 0 Å². The Labute approximate surface area is 127 Å². The van der Waals surface area contributed by atoms with Crippen molar-refractivity contribution in [3.05, 3.63) is 78.5 Å². The second kappa shape index (κ2) is 5.00. The van der Waals surface area contributed by atoms with E-state index in [9.17, 15) is 5.11 Å². The molecule has 0 atom stereocenters. The average Bonchev–Trinajstić information content (AvgIpc) is 2.98. The van der Waals surface area contributed by atoms with Crippen LogP contribution in [-0.2, 0) is 0 Å². The molecule has 2 heterocycles. The highest BCUT2D eigenvalue weighted by atomic mass is 16.3. The minimum absolute atomic E-state index is 0.179. The van der Waals surface area contributed by atoms with Crippen molar-refractivity contribution in [1.29, 1.82) is 0 Å². The third-order valence-corrected chi connectivity index (χ3v) is 3.62. The zero-order valence-electron chi connectivity index (χ0n) is 11.8. The Morgan fingerprint density at radius 1 is 0.955 bits per heavy atom. The fourth-order valence-electron chi connectivity index (χ4n) is 2.54. The van der Waals surface area contributed by atoms with Crippen LogP contribution < -0.4 is 4.68 Å². The number of hydrogen-bond donors (Lipinski definition) is 1. The number of pyridine rings is 1. The first-order valence-corrected chi connectivity index (χ1v) is 7.06. The van der Waals surface area contributed by atoms with Crippen LogP contribution in [0.15, 0.2) is 72.9 Å². The number of aliphatic hydroxyl groups excluding tert-OH is 1. The lowest BCUT2D eigenvalue weighted by atomic mass is 10.2. The monoisotopic (exact) mass is 288 g/mol. The van der Waals surface area contributed by atoms with Crippen LogP contribution in [0.25, 0.3) is 28.4 Å². The molecule has 4 aromatic rings. The summed E-state index contributed by atoms with van der Waals surface area (Å²) >= 11 is 0. The Kier molecular flexibility index (Phi) is 2.86. The van der Waals surface area contributed by atoms with Crippen molar-refractivity contribution in [3.63, 3.8) is 0 Å². The van der Waals surface area contributed by atoms with E-state index in [1.54, 1.807) is 10.9 Å². The number of rotatable bonds is 2. The van der Waals surface area contributed by atoms with E-state index in [-0.39, 0.29) is 5.76 Å². The van der Waals surface area contributed by atoms with Gasteiger partial charge in [-0.3, -0.25) is 0 Å². The van der Waals surface area contributed by atoms with Crippen molar-refractivity contribution in [2.45, 2.75) is 0 Å². The van der Waals surface area contributed by atoms with Crippen LogP contribution >= 0.6 is 0 Å². The van der Waals surface area contributed by atoms with E-state index in [0.717, 1.165) is 22.0 Å². The predicted octanol–water partition coefficient (Wildman–Crippen LogP) is 3.29. The van der Waals surface area contributed by atoms with Crippen molar-refractivity contribution in [2.24, 2.45) is 0 Å². The van der Waals surface area contributed by atoms with Crippen LogP contribution in [0.3, 0.4) is 0 Å². The van der Waals surface area contributed by atoms with Crippen LogP contribution in [0, 0.1) is 0 Å². The van der Waals surface area contributed by atoms with E-state index >= 15 is 0 Å². The number of aliphatic hydroxyl groups is 1. The normalized spacial score (nSPS) is 12.1. The predicted molar refractivity (Wildman–Crippen MR) is 86.1 cm³/mol. The van der Waals surface area contributed by atoms with E-state index in [1.807, 2.05) is 65.3 Å². The molecule has 4 rings (SSSR count). The van der Waals surface area contributed by atoms with Crippen molar-refractivity contribution in [3.8, 4) is 0 Å². The van der Waals surface area contributed by atoms with E-state index in [2.05, 4.69) is 17.3 Å². The quantitative estimate of drug-likeness (QED) is 0.454. The SMILES string of the molecule is O/C(=C\[n+]1cc2ccc3ccccc3n2n1)c1ccccc1. The molecule has 0 aliphatic carbocycles. The molecule has 106 valence electrons. The van der Waals surface area contributed by atoms with Crippen molar-refractivity contribution in [2.75, 3.05) is 0 Å². The van der Waals surface area contributed by atoms with Crippen LogP contribution in [0.1, 0.15) is 5.56 Å². The highest BCUT2D eigenvalue weighted by Gasteiger charge is 2.12. The molecule has 0 spiro atoms. The van der Waals surface area contributed by atoms with E-state index in [1.165, 1.54) is 0 Å². The minimum atomic E-state index is 0.179. The minimum Gasteiger partial charge on any atom is -0.504 e. The molecule has 0 unspecified atom stereocenters. The molecule has 0 radical (unpaired) electrons. The first kappa shape index (κ1) is 12.6. The van der Waals surface area contributed by atoms with E-state index < -0.39 is 0 Å². The zero-order chi connectivity index (χ0) is 14.9. The van der Waals surface area contributed by atoms with Gasteiger partial charge in [0, 0.05) is 10.9 Å². The highest BCUT2D eigenvalue weighted by Crippen LogP contribution is 2.15. The zero-order valence-corrected chi connectivity index (χ0v) is 11.8. The molecule has 2 aromatic heterocycles. The molecule has 0 amide bonds. The van der Waals surface area contributed by atoms with Gasteiger partial charge in [-0.1, -0.05) is 53.0 Å². The Bertz CT molecular complexity index is 987. The maximum atomic E-state index is 10.2. The number of benzene rings is 2. The van der Waals surface area contributed by atoms with Crippen molar-refractivity contribution < 1.29 is 9.79 Å². The maximum Gasteiger partial charge on any atom is 0.197 e. The molecule has 0 aliphatic rings. The Morgan fingerprint density at radius 3 is 2.59 bits per heavy atom. The molecule has 0 saturated carbocycles. The van der Waals surface area contributed by atoms with Gasteiger partial charge in [0.1, 0.15) is 5.21 Å². The average molecular weight is 288 g/mol. The van der Waals surface area contributed by atoms with Gasteiger partial charge in [-0.05, 0) is 18.2 Å². The van der Waals surface area contributed by atoms with Crippen LogP contribution in [0.4, 0.5) is 0 Å². The van der Waals surface area contributed by atoms with Gasteiger partial charge in [-0.2, -0.15) is 0 Å². The van der Waals surface area contributed by atoms with Gasteiger partial charge in [0.2, 0.25) is 0 Å². The summed E-state index contributed by atoms with van der Waals surface area (Å²) in [5.41, 5.74) is 2.76. The number of para-hydroxylation sites is 1. The van der Waals surface area contributed by atoms with E-state index in [0.29, 0.717) is 0 Å². The van der Waals surface area contributed by atoms with Gasteiger partial charge in [0.25, 0.3) is 0 Å². The fraction of sp³-hybridized carbons (Fsp3) is 0. The molecular weight excluding hydrogens is 274 g/mol. The molecule has 0 bridgehead atoms. The molecule has 0 aliphatic heterocycles. The largest absolute Gasteiger partial charge is 0.504 e. The maximum absolute atomic E-state index is 10.2. The number of fused-ring (bicyclic) bond motifs is 3. The first-order chi connectivity index (χ1) is 10.8. The summed E-state index contributed by atoms with van der Waals surface area (Å²) in [5.74, 6) is 0.179. The third-order valence-electron chi connectivity index (χ3n) is 3.62. The lowest BCUT2D eigenvalue weighted by Gasteiger charge is -1.96. The third kappa shape index (κ3) is 2.11. The van der Waals surface area contributed by atoms with Crippen LogP contribution in [0.2, 0.25) is 0 Å². The first-order valence-electron chi connectivity index (χ1n) is 7.06. The lowest BCUT2D eigenvalue weighted by molar-refractivity contribution is -0.634. The Balaban J connectivity index is 1.85. The summed E-state index contributed by atoms with van der Waals surface area (Å²) < 4.78 is 3.49. The lowest BCUT2D eigenvalue weighted by Crippen LogP contribution is -2.28. The van der Waals surface area contributed by atoms with Crippen molar-refractivity contribution in [1.82, 2.24) is 9.73 Å². The summed E-state index contributed by atoms with van der Waals surface area (Å²) in [4.78, 5) is 0. The van der Waals surface area contributed by atoms with Gasteiger partial charge in [0.15, 0.2) is 29.2 Å². The molecule has 0 saturated heterocycles. The van der Waals surface area contributed by atoms with Gasteiger partial charge >= 0.3 is 0 Å². The molecule has 4 heteroatoms. The number of hydrogen-bond acceptors (Lipinski definition) is 2. The molecule has 22 heavy (non-hydrogen) atoms. The highest BCUT2D eigenvalue weighted by molar-refractivity contribution is 5.81. The summed E-state index contributed by atoms with van der Waals surface area (Å²) in [6.45, 7) is 0. The second-order valence-electron chi connectivity index (χ2n) is 5.11. The summed E-state index contributed by atoms with van der Waals surface area (Å²) in [7, 11) is 0. The topological polar surface area (TPSA) is 41.4 Å². The summed E-state index contributed by atoms with van der Waals surface area (Å²) in [6, 6.07) is 21.6. The van der Waals surface area contributed by atoms with Gasteiger partial charge in [-0.15, -0.1) is 4.68 Å². The fourth-order valence-corrected chi connectivity index (χ4v) is 2.54. The summed E-state index contributed by atoms with van der Waals surface area (Å²) in [5, 5.41) is 15.8. The van der Waals surface area contributed by atoms with E-state index in [4.69, 9.17) is 0 Å². The standard InChI is InChI=1S/C18H13N3O/c22-18(15-7-2-1-3-8-15)13-20-12-16-11-10-14-6-4-5-9-17(14)21(16)19-20/h1-13H/p+1. The number of nitrogens with zero attached hydrogens (tertiary/aromatic N) is 3. The van der Waals surface area contributed by atoms with Gasteiger partial charge in [0.05, 0.1) is 0 Å². The second-order valence-corrected chi connectivity index (χ2v) is 5.11. The van der Waals surface area contributed by atoms with Crippen molar-refractivity contribution >= 4 is 28.4 Å². The van der Waals surface area contributed by atoms with Gasteiger partial charge < -0.3 is 5.11 Å². The molecule has 1 N–H and O–H groups in total. The molecule has 4 nitrogen and oxygen atoms in total. The van der Waals surface area contributed by atoms with Crippen LogP contribution in [-0.4, -0.2) is 14.8 Å². The van der Waals surface area contributed by atoms with Crippen LogP contribution in [0.5, 0.6) is 0 Å². The smallest absolute Gasteiger partial charge is 0.197 e.